The Labute approximate surface area is 206 Å². The molecule has 0 aromatic heterocycles. The van der Waals surface area contributed by atoms with Gasteiger partial charge >= 0.3 is 0 Å². The highest BCUT2D eigenvalue weighted by Gasteiger charge is 2.27. The molecule has 4 rings (SSSR count). The fraction of sp³-hybridized carbons (Fsp3) is 0.357. The number of fused-ring (bicyclic) bond motifs is 1. The molecule has 35 heavy (non-hydrogen) atoms. The van der Waals surface area contributed by atoms with E-state index in [1.54, 1.807) is 28.3 Å². The molecule has 1 aliphatic heterocycles. The van der Waals surface area contributed by atoms with E-state index >= 15 is 0 Å². The van der Waals surface area contributed by atoms with Crippen LogP contribution in [0.15, 0.2) is 60.7 Å². The smallest absolute Gasteiger partial charge is 0.203 e. The third kappa shape index (κ3) is 5.81. The molecule has 3 aromatic carbocycles. The molecule has 7 heteroatoms. The highest BCUT2D eigenvalue weighted by Crippen LogP contribution is 2.39. The maximum atomic E-state index is 11.2. The summed E-state index contributed by atoms with van der Waals surface area (Å²) in [4.78, 5) is 2.30. The Bertz CT molecular complexity index is 1110. The molecule has 0 unspecified atom stereocenters. The van der Waals surface area contributed by atoms with Gasteiger partial charge in [-0.25, -0.2) is 0 Å². The quantitative estimate of drug-likeness (QED) is 0.488. The molecule has 0 radical (unpaired) electrons. The summed E-state index contributed by atoms with van der Waals surface area (Å²) in [6.07, 6.45) is 0. The average molecular weight is 480 g/mol. The molecule has 0 spiro atoms. The first-order chi connectivity index (χ1) is 16.9. The Morgan fingerprint density at radius 3 is 2.31 bits per heavy atom. The standard InChI is InChI=1S/C28H33NO6/c1-28(30,19-35-23-8-6-5-7-9-23)22-10-11-24-21(16-22)18-29(12-13-34-24)17-20-14-25(31-2)27(33-4)26(15-20)32-3/h5-11,14-16,30H,12-13,17-19H2,1-4H3/t28-/m0/s1. The van der Waals surface area contributed by atoms with Crippen molar-refractivity contribution >= 4 is 0 Å². The van der Waals surface area contributed by atoms with Crippen LogP contribution < -0.4 is 23.7 Å². The first kappa shape index (κ1) is 24.7. The molecule has 186 valence electrons. The summed E-state index contributed by atoms with van der Waals surface area (Å²) >= 11 is 0. The lowest BCUT2D eigenvalue weighted by Gasteiger charge is -2.26. The highest BCUT2D eigenvalue weighted by molar-refractivity contribution is 5.54. The fourth-order valence-corrected chi connectivity index (χ4v) is 4.23. The minimum Gasteiger partial charge on any atom is -0.493 e. The zero-order valence-corrected chi connectivity index (χ0v) is 20.7. The van der Waals surface area contributed by atoms with Gasteiger partial charge in [0.1, 0.15) is 30.3 Å². The van der Waals surface area contributed by atoms with E-state index in [2.05, 4.69) is 4.90 Å². The Morgan fingerprint density at radius 2 is 1.66 bits per heavy atom. The van der Waals surface area contributed by atoms with Gasteiger partial charge in [-0.05, 0) is 54.4 Å². The van der Waals surface area contributed by atoms with Crippen LogP contribution in [0.2, 0.25) is 0 Å². The van der Waals surface area contributed by atoms with Gasteiger partial charge in [0.15, 0.2) is 11.5 Å². The van der Waals surface area contributed by atoms with E-state index in [0.717, 1.165) is 34.7 Å². The molecule has 0 amide bonds. The first-order valence-electron chi connectivity index (χ1n) is 11.6. The topological polar surface area (TPSA) is 69.6 Å². The second-order valence-corrected chi connectivity index (χ2v) is 8.79. The third-order valence-corrected chi connectivity index (χ3v) is 6.14. The molecule has 1 heterocycles. The molecule has 1 N–H and O–H groups in total. The summed E-state index contributed by atoms with van der Waals surface area (Å²) < 4.78 is 28.3. The molecule has 7 nitrogen and oxygen atoms in total. The van der Waals surface area contributed by atoms with Gasteiger partial charge in [0.25, 0.3) is 0 Å². The maximum absolute atomic E-state index is 11.2. The Hall–Kier alpha value is -3.42. The van der Waals surface area contributed by atoms with Crippen molar-refractivity contribution in [1.29, 1.82) is 0 Å². The van der Waals surface area contributed by atoms with Crippen LogP contribution in [0.5, 0.6) is 28.7 Å². The number of ether oxygens (including phenoxy) is 5. The van der Waals surface area contributed by atoms with Crippen LogP contribution in [0.25, 0.3) is 0 Å². The number of para-hydroxylation sites is 1. The van der Waals surface area contributed by atoms with E-state index in [4.69, 9.17) is 23.7 Å². The molecule has 0 fully saturated rings. The van der Waals surface area contributed by atoms with Crippen molar-refractivity contribution in [1.82, 2.24) is 4.90 Å². The Kier molecular flexibility index (Phi) is 7.68. The molecule has 0 bridgehead atoms. The van der Waals surface area contributed by atoms with Crippen molar-refractivity contribution in [2.45, 2.75) is 25.6 Å². The molecule has 0 saturated heterocycles. The van der Waals surface area contributed by atoms with Crippen molar-refractivity contribution in [2.75, 3.05) is 41.1 Å². The van der Waals surface area contributed by atoms with Crippen molar-refractivity contribution < 1.29 is 28.8 Å². The molecular weight excluding hydrogens is 446 g/mol. The molecule has 0 aliphatic carbocycles. The van der Waals surface area contributed by atoms with E-state index < -0.39 is 5.60 Å². The molecule has 0 saturated carbocycles. The predicted molar refractivity (Wildman–Crippen MR) is 134 cm³/mol. The van der Waals surface area contributed by atoms with E-state index in [1.807, 2.05) is 60.7 Å². The number of rotatable bonds is 9. The van der Waals surface area contributed by atoms with Crippen molar-refractivity contribution in [3.05, 3.63) is 77.4 Å². The lowest BCUT2D eigenvalue weighted by Crippen LogP contribution is -2.30. The van der Waals surface area contributed by atoms with E-state index in [9.17, 15) is 5.11 Å². The van der Waals surface area contributed by atoms with Crippen LogP contribution >= 0.6 is 0 Å². The van der Waals surface area contributed by atoms with Crippen molar-refractivity contribution in [2.24, 2.45) is 0 Å². The summed E-state index contributed by atoms with van der Waals surface area (Å²) in [5, 5.41) is 11.2. The van der Waals surface area contributed by atoms with Crippen LogP contribution in [0, 0.1) is 0 Å². The lowest BCUT2D eigenvalue weighted by molar-refractivity contribution is 0.00748. The summed E-state index contributed by atoms with van der Waals surface area (Å²) in [7, 11) is 4.83. The normalized spacial score (nSPS) is 15.2. The van der Waals surface area contributed by atoms with Crippen LogP contribution in [0.3, 0.4) is 0 Å². The van der Waals surface area contributed by atoms with Gasteiger partial charge in [-0.1, -0.05) is 24.3 Å². The number of benzene rings is 3. The van der Waals surface area contributed by atoms with Crippen LogP contribution in [0.4, 0.5) is 0 Å². The number of aliphatic hydroxyl groups is 1. The molecule has 1 aliphatic rings. The molecular formula is C28H33NO6. The van der Waals surface area contributed by atoms with Gasteiger partial charge in [-0.3, -0.25) is 4.90 Å². The molecule has 3 aromatic rings. The number of hydrogen-bond donors (Lipinski definition) is 1. The van der Waals surface area contributed by atoms with E-state index in [1.165, 1.54) is 0 Å². The van der Waals surface area contributed by atoms with Crippen LogP contribution in [0.1, 0.15) is 23.6 Å². The zero-order valence-electron chi connectivity index (χ0n) is 20.7. The number of hydrogen-bond acceptors (Lipinski definition) is 7. The van der Waals surface area contributed by atoms with Gasteiger partial charge in [0.05, 0.1) is 21.3 Å². The lowest BCUT2D eigenvalue weighted by atomic mass is 9.94. The molecule has 1 atom stereocenters. The SMILES string of the molecule is COc1cc(CN2CCOc3ccc([C@@](C)(O)COc4ccccc4)cc3C2)cc(OC)c1OC. The monoisotopic (exact) mass is 479 g/mol. The van der Waals surface area contributed by atoms with Gasteiger partial charge in [-0.2, -0.15) is 0 Å². The fourth-order valence-electron chi connectivity index (χ4n) is 4.23. The maximum Gasteiger partial charge on any atom is 0.203 e. The predicted octanol–water partition coefficient (Wildman–Crippen LogP) is 4.39. The summed E-state index contributed by atoms with van der Waals surface area (Å²) in [5.74, 6) is 3.39. The third-order valence-electron chi connectivity index (χ3n) is 6.14. The van der Waals surface area contributed by atoms with Crippen molar-refractivity contribution in [3.63, 3.8) is 0 Å². The summed E-state index contributed by atoms with van der Waals surface area (Å²) in [6.45, 7) is 4.60. The highest BCUT2D eigenvalue weighted by atomic mass is 16.5. The summed E-state index contributed by atoms with van der Waals surface area (Å²) in [6, 6.07) is 19.3. The van der Waals surface area contributed by atoms with Crippen LogP contribution in [-0.4, -0.2) is 51.1 Å². The largest absolute Gasteiger partial charge is 0.493 e. The first-order valence-corrected chi connectivity index (χ1v) is 11.6. The van der Waals surface area contributed by atoms with Gasteiger partial charge < -0.3 is 28.8 Å². The summed E-state index contributed by atoms with van der Waals surface area (Å²) in [5.41, 5.74) is 1.69. The average Bonchev–Trinajstić information content (AvgIpc) is 3.08. The Balaban J connectivity index is 1.52. The number of nitrogens with zero attached hydrogens (tertiary/aromatic N) is 1. The zero-order chi connectivity index (χ0) is 24.8. The Morgan fingerprint density at radius 1 is 0.943 bits per heavy atom. The number of methoxy groups -OCH3 is 3. The van der Waals surface area contributed by atoms with Gasteiger partial charge in [-0.15, -0.1) is 0 Å². The van der Waals surface area contributed by atoms with E-state index in [0.29, 0.717) is 36.9 Å². The van der Waals surface area contributed by atoms with Crippen molar-refractivity contribution in [3.8, 4) is 28.7 Å². The second kappa shape index (κ2) is 10.9. The second-order valence-electron chi connectivity index (χ2n) is 8.79. The van der Waals surface area contributed by atoms with E-state index in [-0.39, 0.29) is 6.61 Å². The van der Waals surface area contributed by atoms with Crippen LogP contribution in [-0.2, 0) is 18.7 Å². The van der Waals surface area contributed by atoms with Gasteiger partial charge in [0, 0.05) is 25.2 Å². The minimum absolute atomic E-state index is 0.145. The van der Waals surface area contributed by atoms with Gasteiger partial charge in [0.2, 0.25) is 5.75 Å². The minimum atomic E-state index is -1.15.